The van der Waals surface area contributed by atoms with Crippen LogP contribution in [-0.2, 0) is 9.53 Å². The smallest absolute Gasteiger partial charge is 0.350 e. The lowest BCUT2D eigenvalue weighted by Gasteiger charge is -2.14. The van der Waals surface area contributed by atoms with Crippen LogP contribution in [0.1, 0.15) is 40.3 Å². The second-order valence-corrected chi connectivity index (χ2v) is 6.23. The van der Waals surface area contributed by atoms with Crippen LogP contribution in [-0.4, -0.2) is 44.7 Å². The van der Waals surface area contributed by atoms with E-state index in [1.807, 2.05) is 0 Å². The Morgan fingerprint density at radius 3 is 2.65 bits per heavy atom. The van der Waals surface area contributed by atoms with E-state index in [1.54, 1.807) is 13.8 Å². The minimum Gasteiger partial charge on any atom is -0.462 e. The third kappa shape index (κ3) is 4.55. The van der Waals surface area contributed by atoms with Crippen LogP contribution in [0.4, 0.5) is 0 Å². The van der Waals surface area contributed by atoms with Crippen molar-refractivity contribution in [2.24, 2.45) is 0 Å². The van der Waals surface area contributed by atoms with Crippen LogP contribution in [0.25, 0.3) is 0 Å². The van der Waals surface area contributed by atoms with Gasteiger partial charge in [0.05, 0.1) is 18.4 Å². The fourth-order valence-electron chi connectivity index (χ4n) is 1.39. The summed E-state index contributed by atoms with van der Waals surface area (Å²) in [5.74, 6) is -0.419. The molecule has 0 aliphatic carbocycles. The average Bonchev–Trinajstić information content (AvgIpc) is 2.77. The van der Waals surface area contributed by atoms with Crippen molar-refractivity contribution in [2.75, 3.05) is 12.4 Å². The first-order chi connectivity index (χ1) is 9.36. The van der Waals surface area contributed by atoms with E-state index in [4.69, 9.17) is 4.74 Å². The average molecular weight is 319 g/mol. The van der Waals surface area contributed by atoms with E-state index in [2.05, 4.69) is 4.98 Å². The van der Waals surface area contributed by atoms with Gasteiger partial charge in [-0.3, -0.25) is 4.79 Å². The number of ether oxygens (including phenoxy) is 1. The molecule has 0 saturated carbocycles. The van der Waals surface area contributed by atoms with Crippen LogP contribution >= 0.6 is 23.1 Å². The van der Waals surface area contributed by atoms with E-state index >= 15 is 0 Å². The van der Waals surface area contributed by atoms with Crippen molar-refractivity contribution < 1.29 is 24.5 Å². The van der Waals surface area contributed by atoms with Crippen LogP contribution in [0.3, 0.4) is 0 Å². The summed E-state index contributed by atoms with van der Waals surface area (Å²) in [7, 11) is 0. The minimum absolute atomic E-state index is 0.0733. The number of esters is 1. The molecule has 8 heteroatoms. The molecule has 1 aromatic heterocycles. The first-order valence-corrected chi connectivity index (χ1v) is 7.81. The topological polar surface area (TPSA) is 96.7 Å². The normalized spacial score (nSPS) is 13.8. The second-order valence-electron chi connectivity index (χ2n) is 4.00. The van der Waals surface area contributed by atoms with Gasteiger partial charge in [-0.2, -0.15) is 0 Å². The molecule has 0 saturated heterocycles. The van der Waals surface area contributed by atoms with Crippen molar-refractivity contribution in [1.82, 2.24) is 4.98 Å². The standard InChI is InChI=1S/C12H17NO5S2/c1-4-18-12(17)10-6(2)13-11(20-10)9(16)8(15)5-19-7(3)14/h8-9,15-16H,4-5H2,1-3H3. The Hall–Kier alpha value is -0.960. The molecule has 0 amide bonds. The SMILES string of the molecule is CCOC(=O)c1sc(C(O)C(O)CSC(C)=O)nc1C. The van der Waals surface area contributed by atoms with Crippen LogP contribution in [0, 0.1) is 6.92 Å². The number of thiazole rings is 1. The first-order valence-electron chi connectivity index (χ1n) is 6.00. The predicted molar refractivity (Wildman–Crippen MR) is 76.9 cm³/mol. The lowest BCUT2D eigenvalue weighted by molar-refractivity contribution is -0.109. The van der Waals surface area contributed by atoms with E-state index in [0.717, 1.165) is 23.1 Å². The number of carbonyl (C=O) groups excluding carboxylic acids is 2. The van der Waals surface area contributed by atoms with Gasteiger partial charge in [-0.05, 0) is 13.8 Å². The third-order valence-corrected chi connectivity index (χ3v) is 4.47. The van der Waals surface area contributed by atoms with Gasteiger partial charge in [0, 0.05) is 12.7 Å². The van der Waals surface area contributed by atoms with Gasteiger partial charge in [-0.1, -0.05) is 11.8 Å². The Labute approximate surface area is 125 Å². The van der Waals surface area contributed by atoms with Crippen LogP contribution in [0.2, 0.25) is 0 Å². The minimum atomic E-state index is -1.23. The molecular formula is C12H17NO5S2. The van der Waals surface area contributed by atoms with Crippen molar-refractivity contribution in [1.29, 1.82) is 0 Å². The molecule has 1 heterocycles. The maximum atomic E-state index is 11.6. The number of aliphatic hydroxyl groups is 2. The number of aryl methyl sites for hydroxylation is 1. The van der Waals surface area contributed by atoms with E-state index in [1.165, 1.54) is 6.92 Å². The summed E-state index contributed by atoms with van der Waals surface area (Å²) in [5, 5.41) is 19.9. The fraction of sp³-hybridized carbons (Fsp3) is 0.583. The summed E-state index contributed by atoms with van der Waals surface area (Å²) in [5.41, 5.74) is 0.453. The fourth-order valence-corrected chi connectivity index (χ4v) is 2.98. The van der Waals surface area contributed by atoms with Gasteiger partial charge in [-0.15, -0.1) is 11.3 Å². The summed E-state index contributed by atoms with van der Waals surface area (Å²) in [4.78, 5) is 26.9. The van der Waals surface area contributed by atoms with Crippen LogP contribution in [0.15, 0.2) is 0 Å². The molecular weight excluding hydrogens is 302 g/mol. The number of aliphatic hydroxyl groups excluding tert-OH is 2. The summed E-state index contributed by atoms with van der Waals surface area (Å²) >= 11 is 1.91. The van der Waals surface area contributed by atoms with Gasteiger partial charge in [0.1, 0.15) is 16.0 Å². The molecule has 6 nitrogen and oxygen atoms in total. The molecule has 2 unspecified atom stereocenters. The quantitative estimate of drug-likeness (QED) is 0.763. The number of rotatable bonds is 6. The largest absolute Gasteiger partial charge is 0.462 e. The van der Waals surface area contributed by atoms with Crippen LogP contribution < -0.4 is 0 Å². The van der Waals surface area contributed by atoms with Gasteiger partial charge in [0.15, 0.2) is 5.12 Å². The lowest BCUT2D eigenvalue weighted by Crippen LogP contribution is -2.21. The van der Waals surface area contributed by atoms with Gasteiger partial charge in [-0.25, -0.2) is 9.78 Å². The lowest BCUT2D eigenvalue weighted by atomic mass is 10.2. The molecule has 0 aliphatic rings. The number of carbonyl (C=O) groups is 2. The van der Waals surface area contributed by atoms with E-state index in [-0.39, 0.29) is 22.5 Å². The monoisotopic (exact) mass is 319 g/mol. The number of hydrogen-bond donors (Lipinski definition) is 2. The van der Waals surface area contributed by atoms with Gasteiger partial charge >= 0.3 is 5.97 Å². The Kier molecular flexibility index (Phi) is 6.60. The summed E-state index contributed by atoms with van der Waals surface area (Å²) < 4.78 is 4.88. The molecule has 0 spiro atoms. The maximum Gasteiger partial charge on any atom is 0.350 e. The second kappa shape index (κ2) is 7.72. The number of thioether (sulfide) groups is 1. The van der Waals surface area contributed by atoms with Crippen molar-refractivity contribution in [3.05, 3.63) is 15.6 Å². The predicted octanol–water partition coefficient (Wildman–Crippen LogP) is 1.30. The summed E-state index contributed by atoms with van der Waals surface area (Å²) in [6.45, 7) is 4.98. The molecule has 0 radical (unpaired) electrons. The Morgan fingerprint density at radius 1 is 1.45 bits per heavy atom. The zero-order valence-corrected chi connectivity index (χ0v) is 13.1. The highest BCUT2D eigenvalue weighted by molar-refractivity contribution is 8.13. The molecule has 0 aliphatic heterocycles. The first kappa shape index (κ1) is 17.1. The Balaban J connectivity index is 2.78. The molecule has 1 rings (SSSR count). The summed E-state index contributed by atoms with van der Waals surface area (Å²) in [6, 6.07) is 0. The highest BCUT2D eigenvalue weighted by atomic mass is 32.2. The zero-order chi connectivity index (χ0) is 15.3. The van der Waals surface area contributed by atoms with E-state index in [0.29, 0.717) is 10.6 Å². The number of nitrogens with zero attached hydrogens (tertiary/aromatic N) is 1. The highest BCUT2D eigenvalue weighted by Gasteiger charge is 2.25. The zero-order valence-electron chi connectivity index (χ0n) is 11.5. The van der Waals surface area contributed by atoms with Gasteiger partial charge in [0.2, 0.25) is 0 Å². The van der Waals surface area contributed by atoms with E-state index in [9.17, 15) is 19.8 Å². The molecule has 2 N–H and O–H groups in total. The Bertz CT molecular complexity index is 488. The number of hydrogen-bond acceptors (Lipinski definition) is 8. The molecule has 112 valence electrons. The van der Waals surface area contributed by atoms with Crippen molar-refractivity contribution in [2.45, 2.75) is 33.0 Å². The molecule has 0 aromatic carbocycles. The molecule has 2 atom stereocenters. The number of aromatic nitrogens is 1. The molecule has 1 aromatic rings. The molecule has 20 heavy (non-hydrogen) atoms. The maximum absolute atomic E-state index is 11.6. The Morgan fingerprint density at radius 2 is 2.10 bits per heavy atom. The van der Waals surface area contributed by atoms with Crippen molar-refractivity contribution in [3.63, 3.8) is 0 Å². The van der Waals surface area contributed by atoms with Crippen molar-refractivity contribution in [3.8, 4) is 0 Å². The molecule has 0 fully saturated rings. The van der Waals surface area contributed by atoms with Gasteiger partial charge in [0.25, 0.3) is 0 Å². The molecule has 0 bridgehead atoms. The highest BCUT2D eigenvalue weighted by Crippen LogP contribution is 2.27. The van der Waals surface area contributed by atoms with Crippen LogP contribution in [0.5, 0.6) is 0 Å². The van der Waals surface area contributed by atoms with Gasteiger partial charge < -0.3 is 14.9 Å². The third-order valence-electron chi connectivity index (χ3n) is 2.35. The van der Waals surface area contributed by atoms with E-state index < -0.39 is 18.2 Å². The summed E-state index contributed by atoms with van der Waals surface area (Å²) in [6.07, 6.45) is -2.35. The van der Waals surface area contributed by atoms with Crippen molar-refractivity contribution >= 4 is 34.2 Å².